The van der Waals surface area contributed by atoms with Crippen molar-refractivity contribution in [3.8, 4) is 0 Å². The van der Waals surface area contributed by atoms with Gasteiger partial charge in [-0.3, -0.25) is 9.97 Å². The van der Waals surface area contributed by atoms with Gasteiger partial charge in [0.05, 0.1) is 11.4 Å². The van der Waals surface area contributed by atoms with Crippen molar-refractivity contribution in [3.63, 3.8) is 0 Å². The summed E-state index contributed by atoms with van der Waals surface area (Å²) in [5.41, 5.74) is 16.2. The molecule has 0 aliphatic heterocycles. The van der Waals surface area contributed by atoms with Gasteiger partial charge in [0.15, 0.2) is 0 Å². The summed E-state index contributed by atoms with van der Waals surface area (Å²) in [6.07, 6.45) is 7.10. The van der Waals surface area contributed by atoms with Gasteiger partial charge in [-0.2, -0.15) is 5.10 Å². The van der Waals surface area contributed by atoms with Gasteiger partial charge in [0.25, 0.3) is 0 Å². The third-order valence-corrected chi connectivity index (χ3v) is 3.87. The number of fused-ring (bicyclic) bond motifs is 1. The van der Waals surface area contributed by atoms with Crippen LogP contribution in [0.2, 0.25) is 0 Å². The highest BCUT2D eigenvalue weighted by molar-refractivity contribution is 6.04. The first-order valence-corrected chi connectivity index (χ1v) is 7.15. The van der Waals surface area contributed by atoms with Crippen LogP contribution in [0.1, 0.15) is 34.7 Å². The lowest BCUT2D eigenvalue weighted by molar-refractivity contribution is 0.676. The molecule has 1 aliphatic carbocycles. The van der Waals surface area contributed by atoms with Crippen molar-refractivity contribution in [3.05, 3.63) is 59.2 Å². The van der Waals surface area contributed by atoms with Crippen molar-refractivity contribution >= 4 is 24.1 Å². The van der Waals surface area contributed by atoms with Crippen molar-refractivity contribution in [2.24, 2.45) is 21.7 Å². The predicted octanol–water partition coefficient (Wildman–Crippen LogP) is 1.91. The van der Waals surface area contributed by atoms with Crippen LogP contribution in [0.15, 0.2) is 47.0 Å². The number of pyridine rings is 2. The van der Waals surface area contributed by atoms with E-state index in [0.29, 0.717) is 5.92 Å². The highest BCUT2D eigenvalue weighted by Crippen LogP contribution is 2.33. The molecule has 0 aromatic carbocycles. The maximum atomic E-state index is 5.41. The molecule has 1 atom stereocenters. The predicted molar refractivity (Wildman–Crippen MR) is 93.9 cm³/mol. The van der Waals surface area contributed by atoms with Gasteiger partial charge in [-0.15, -0.1) is 17.5 Å². The third kappa shape index (κ3) is 3.65. The molecule has 1 aliphatic rings. The first-order chi connectivity index (χ1) is 10.6. The lowest BCUT2D eigenvalue weighted by atomic mass is 9.80. The molecule has 2 aromatic rings. The van der Waals surface area contributed by atoms with E-state index < -0.39 is 0 Å². The van der Waals surface area contributed by atoms with Crippen LogP contribution in [0.4, 0.5) is 0 Å². The van der Waals surface area contributed by atoms with Gasteiger partial charge in [0.1, 0.15) is 0 Å². The maximum absolute atomic E-state index is 5.41. The van der Waals surface area contributed by atoms with E-state index in [2.05, 4.69) is 27.1 Å². The van der Waals surface area contributed by atoms with Gasteiger partial charge in [-0.05, 0) is 55.0 Å². The van der Waals surface area contributed by atoms with Gasteiger partial charge in [-0.1, -0.05) is 0 Å². The van der Waals surface area contributed by atoms with Gasteiger partial charge in [0, 0.05) is 24.2 Å². The summed E-state index contributed by atoms with van der Waals surface area (Å²) in [7, 11) is 0. The SMILES string of the molecule is Cc1ccnc2c1C(=NN=C(N)N)CC(c1ccncc1)C2.Cl. The van der Waals surface area contributed by atoms with Crippen LogP contribution in [0.25, 0.3) is 0 Å². The molecular formula is C16H19ClN6. The highest BCUT2D eigenvalue weighted by Gasteiger charge is 2.27. The molecule has 0 fully saturated rings. The number of hydrogen-bond donors (Lipinski definition) is 2. The monoisotopic (exact) mass is 330 g/mol. The van der Waals surface area contributed by atoms with E-state index >= 15 is 0 Å². The first-order valence-electron chi connectivity index (χ1n) is 7.15. The van der Waals surface area contributed by atoms with E-state index in [4.69, 9.17) is 11.5 Å². The van der Waals surface area contributed by atoms with Crippen molar-refractivity contribution in [2.75, 3.05) is 0 Å². The standard InChI is InChI=1S/C16H18N6.ClH/c1-10-2-7-20-13-8-12(11-3-5-19-6-4-11)9-14(15(10)13)21-22-16(17)18;/h2-7,12H,8-9H2,1H3,(H4,17,18,22);1H. The number of aryl methyl sites for hydroxylation is 1. The zero-order valence-electron chi connectivity index (χ0n) is 12.8. The third-order valence-electron chi connectivity index (χ3n) is 3.87. The smallest absolute Gasteiger partial charge is 0.211 e. The minimum Gasteiger partial charge on any atom is -0.369 e. The lowest BCUT2D eigenvalue weighted by Crippen LogP contribution is -2.24. The number of nitrogens with two attached hydrogens (primary N) is 2. The van der Waals surface area contributed by atoms with Crippen molar-refractivity contribution in [1.29, 1.82) is 0 Å². The molecule has 120 valence electrons. The van der Waals surface area contributed by atoms with Crippen LogP contribution in [0, 0.1) is 6.92 Å². The molecule has 7 heteroatoms. The van der Waals surface area contributed by atoms with E-state index in [9.17, 15) is 0 Å². The summed E-state index contributed by atoms with van der Waals surface area (Å²) >= 11 is 0. The Bertz CT molecular complexity index is 737. The van der Waals surface area contributed by atoms with Crippen LogP contribution in [-0.4, -0.2) is 21.6 Å². The van der Waals surface area contributed by atoms with E-state index in [-0.39, 0.29) is 18.4 Å². The molecule has 2 heterocycles. The number of aromatic nitrogens is 2. The summed E-state index contributed by atoms with van der Waals surface area (Å²) < 4.78 is 0. The fourth-order valence-electron chi connectivity index (χ4n) is 2.88. The average molecular weight is 331 g/mol. The van der Waals surface area contributed by atoms with Crippen LogP contribution < -0.4 is 11.5 Å². The Labute approximate surface area is 141 Å². The van der Waals surface area contributed by atoms with Crippen LogP contribution in [0.5, 0.6) is 0 Å². The maximum Gasteiger partial charge on any atom is 0.211 e. The second-order valence-electron chi connectivity index (χ2n) is 5.41. The Kier molecular flexibility index (Phi) is 5.28. The Morgan fingerprint density at radius 2 is 1.87 bits per heavy atom. The molecule has 0 radical (unpaired) electrons. The second-order valence-corrected chi connectivity index (χ2v) is 5.41. The van der Waals surface area contributed by atoms with Crippen LogP contribution >= 0.6 is 12.4 Å². The van der Waals surface area contributed by atoms with Crippen molar-refractivity contribution < 1.29 is 0 Å². The molecule has 2 aromatic heterocycles. The molecule has 0 saturated heterocycles. The van der Waals surface area contributed by atoms with E-state index in [0.717, 1.165) is 35.4 Å². The number of guanidine groups is 1. The zero-order valence-corrected chi connectivity index (χ0v) is 13.6. The van der Waals surface area contributed by atoms with E-state index in [1.54, 1.807) is 12.4 Å². The number of rotatable bonds is 2. The molecule has 0 bridgehead atoms. The minimum atomic E-state index is -0.0402. The van der Waals surface area contributed by atoms with E-state index in [1.165, 1.54) is 5.56 Å². The van der Waals surface area contributed by atoms with Crippen molar-refractivity contribution in [2.45, 2.75) is 25.7 Å². The first kappa shape index (κ1) is 16.9. The Morgan fingerprint density at radius 1 is 1.13 bits per heavy atom. The van der Waals surface area contributed by atoms with Gasteiger partial charge < -0.3 is 11.5 Å². The molecule has 1 unspecified atom stereocenters. The number of halogens is 1. The molecule has 6 nitrogen and oxygen atoms in total. The molecule has 0 spiro atoms. The molecular weight excluding hydrogens is 312 g/mol. The topological polar surface area (TPSA) is 103 Å². The van der Waals surface area contributed by atoms with E-state index in [1.807, 2.05) is 24.4 Å². The summed E-state index contributed by atoms with van der Waals surface area (Å²) in [5.74, 6) is 0.263. The summed E-state index contributed by atoms with van der Waals surface area (Å²) in [4.78, 5) is 8.60. The largest absolute Gasteiger partial charge is 0.369 e. The van der Waals surface area contributed by atoms with Gasteiger partial charge in [0.2, 0.25) is 5.96 Å². The Balaban J connectivity index is 0.00000192. The lowest BCUT2D eigenvalue weighted by Gasteiger charge is -2.26. The summed E-state index contributed by atoms with van der Waals surface area (Å²) in [6.45, 7) is 2.05. The molecule has 0 saturated carbocycles. The Morgan fingerprint density at radius 3 is 2.57 bits per heavy atom. The summed E-state index contributed by atoms with van der Waals surface area (Å²) in [5, 5.41) is 8.10. The second kappa shape index (κ2) is 7.19. The van der Waals surface area contributed by atoms with Gasteiger partial charge in [-0.25, -0.2) is 0 Å². The van der Waals surface area contributed by atoms with Crippen LogP contribution in [-0.2, 0) is 6.42 Å². The fraction of sp³-hybridized carbons (Fsp3) is 0.250. The minimum absolute atomic E-state index is 0. The zero-order chi connectivity index (χ0) is 15.5. The molecule has 0 amide bonds. The summed E-state index contributed by atoms with van der Waals surface area (Å²) in [6, 6.07) is 6.05. The van der Waals surface area contributed by atoms with Crippen molar-refractivity contribution in [1.82, 2.24) is 9.97 Å². The fourth-order valence-corrected chi connectivity index (χ4v) is 2.88. The van der Waals surface area contributed by atoms with Crippen LogP contribution in [0.3, 0.4) is 0 Å². The van der Waals surface area contributed by atoms with Gasteiger partial charge >= 0.3 is 0 Å². The highest BCUT2D eigenvalue weighted by atomic mass is 35.5. The Hall–Kier alpha value is -2.47. The average Bonchev–Trinajstić information content (AvgIpc) is 2.53. The molecule has 3 rings (SSSR count). The number of nitrogens with zero attached hydrogens (tertiary/aromatic N) is 4. The molecule has 4 N–H and O–H groups in total. The quantitative estimate of drug-likeness (QED) is 0.498. The molecule has 23 heavy (non-hydrogen) atoms. The number of hydrogen-bond acceptors (Lipinski definition) is 4. The normalized spacial score (nSPS) is 18.0.